The van der Waals surface area contributed by atoms with E-state index in [0.717, 1.165) is 4.90 Å². The van der Waals surface area contributed by atoms with Crippen molar-refractivity contribution < 1.29 is 24.2 Å². The molecule has 0 bridgehead atoms. The number of amides is 1. The summed E-state index contributed by atoms with van der Waals surface area (Å²) in [6.45, 7) is -0.481. The molecule has 1 amide bonds. The molecule has 0 aliphatic carbocycles. The molecule has 0 atom stereocenters. The fourth-order valence-electron chi connectivity index (χ4n) is 1.78. The van der Waals surface area contributed by atoms with Crippen LogP contribution in [0.2, 0.25) is 0 Å². The van der Waals surface area contributed by atoms with Crippen molar-refractivity contribution in [3.63, 3.8) is 0 Å². The predicted octanol–water partition coefficient (Wildman–Crippen LogP) is 0.793. The predicted molar refractivity (Wildman–Crippen MR) is 76.3 cm³/mol. The number of benzene rings is 1. The van der Waals surface area contributed by atoms with Gasteiger partial charge in [0.05, 0.1) is 27.2 Å². The van der Waals surface area contributed by atoms with Crippen LogP contribution in [0, 0.1) is 12.3 Å². The van der Waals surface area contributed by atoms with Crippen LogP contribution in [0.25, 0.3) is 0 Å². The Morgan fingerprint density at radius 1 is 1.33 bits per heavy atom. The number of ether oxygens (including phenoxy) is 2. The zero-order valence-electron chi connectivity index (χ0n) is 12.0. The molecule has 0 saturated heterocycles. The smallest absolute Gasteiger partial charge is 0.323 e. The molecule has 0 heterocycles. The van der Waals surface area contributed by atoms with Crippen molar-refractivity contribution in [1.82, 2.24) is 4.90 Å². The number of terminal acetylenes is 1. The molecular weight excluding hydrogens is 274 g/mol. The van der Waals surface area contributed by atoms with E-state index in [1.807, 2.05) is 0 Å². The summed E-state index contributed by atoms with van der Waals surface area (Å²) in [6, 6.07) is 5.06. The molecule has 6 heteroatoms. The third kappa shape index (κ3) is 4.73. The van der Waals surface area contributed by atoms with Crippen LogP contribution in [-0.4, -0.2) is 49.2 Å². The van der Waals surface area contributed by atoms with Crippen LogP contribution in [0.15, 0.2) is 18.2 Å². The lowest BCUT2D eigenvalue weighted by molar-refractivity contribution is -0.143. The number of carboxylic acids is 1. The highest BCUT2D eigenvalue weighted by molar-refractivity contribution is 5.83. The summed E-state index contributed by atoms with van der Waals surface area (Å²) in [7, 11) is 3.01. The molecule has 1 N–H and O–H groups in total. The van der Waals surface area contributed by atoms with E-state index in [9.17, 15) is 9.59 Å². The van der Waals surface area contributed by atoms with Gasteiger partial charge < -0.3 is 19.5 Å². The average Bonchev–Trinajstić information content (AvgIpc) is 2.46. The maximum absolute atomic E-state index is 12.1. The summed E-state index contributed by atoms with van der Waals surface area (Å²) in [6.07, 6.45) is 5.15. The number of rotatable bonds is 7. The molecule has 0 saturated carbocycles. The maximum Gasteiger partial charge on any atom is 0.323 e. The largest absolute Gasteiger partial charge is 0.497 e. The SMILES string of the molecule is C#CCN(CC(=O)O)C(=O)Cc1ccc(OC)cc1OC. The second-order valence-electron chi connectivity index (χ2n) is 4.20. The number of methoxy groups -OCH3 is 2. The van der Waals surface area contributed by atoms with Crippen molar-refractivity contribution in [2.75, 3.05) is 27.3 Å². The molecule has 0 aliphatic heterocycles. The van der Waals surface area contributed by atoms with Crippen LogP contribution in [0.3, 0.4) is 0 Å². The van der Waals surface area contributed by atoms with Gasteiger partial charge in [0.25, 0.3) is 0 Å². The topological polar surface area (TPSA) is 76.1 Å². The number of carbonyl (C=O) groups is 2. The highest BCUT2D eigenvalue weighted by Crippen LogP contribution is 2.25. The van der Waals surface area contributed by atoms with E-state index in [2.05, 4.69) is 5.92 Å². The Morgan fingerprint density at radius 2 is 2.05 bits per heavy atom. The van der Waals surface area contributed by atoms with Crippen LogP contribution in [0.4, 0.5) is 0 Å². The van der Waals surface area contributed by atoms with Gasteiger partial charge in [-0.25, -0.2) is 0 Å². The Bertz CT molecular complexity index is 562. The van der Waals surface area contributed by atoms with Crippen molar-refractivity contribution in [1.29, 1.82) is 0 Å². The Morgan fingerprint density at radius 3 is 2.57 bits per heavy atom. The lowest BCUT2D eigenvalue weighted by Crippen LogP contribution is -2.37. The minimum absolute atomic E-state index is 0.00211. The molecule has 0 aliphatic rings. The monoisotopic (exact) mass is 291 g/mol. The molecule has 112 valence electrons. The fraction of sp³-hybridized carbons (Fsp3) is 0.333. The molecule has 1 aromatic carbocycles. The minimum Gasteiger partial charge on any atom is -0.497 e. The molecule has 1 aromatic rings. The van der Waals surface area contributed by atoms with Crippen molar-refractivity contribution in [3.05, 3.63) is 23.8 Å². The number of carboxylic acid groups (broad SMARTS) is 1. The molecular formula is C15H17NO5. The molecule has 0 unspecified atom stereocenters. The minimum atomic E-state index is -1.11. The molecule has 0 fully saturated rings. The van der Waals surface area contributed by atoms with Gasteiger partial charge in [-0.3, -0.25) is 9.59 Å². The van der Waals surface area contributed by atoms with Crippen molar-refractivity contribution in [3.8, 4) is 23.8 Å². The van der Waals surface area contributed by atoms with Crippen LogP contribution < -0.4 is 9.47 Å². The third-order valence-electron chi connectivity index (χ3n) is 2.80. The van der Waals surface area contributed by atoms with E-state index in [4.69, 9.17) is 21.0 Å². The zero-order chi connectivity index (χ0) is 15.8. The van der Waals surface area contributed by atoms with Gasteiger partial charge in [0.15, 0.2) is 0 Å². The van der Waals surface area contributed by atoms with Crippen LogP contribution in [0.1, 0.15) is 5.56 Å². The summed E-state index contributed by atoms with van der Waals surface area (Å²) in [5.41, 5.74) is 0.635. The van der Waals surface area contributed by atoms with Crippen LogP contribution in [-0.2, 0) is 16.0 Å². The number of hydrogen-bond acceptors (Lipinski definition) is 4. The summed E-state index contributed by atoms with van der Waals surface area (Å²) in [5.74, 6) is 1.89. The van der Waals surface area contributed by atoms with E-state index in [-0.39, 0.29) is 18.9 Å². The molecule has 0 spiro atoms. The van der Waals surface area contributed by atoms with E-state index in [0.29, 0.717) is 17.1 Å². The third-order valence-corrected chi connectivity index (χ3v) is 2.80. The summed E-state index contributed by atoms with van der Waals surface area (Å²) >= 11 is 0. The van der Waals surface area contributed by atoms with Crippen LogP contribution >= 0.6 is 0 Å². The van der Waals surface area contributed by atoms with Crippen molar-refractivity contribution in [2.45, 2.75) is 6.42 Å². The normalized spacial score (nSPS) is 9.57. The first-order valence-corrected chi connectivity index (χ1v) is 6.15. The Kier molecular flexibility index (Phi) is 6.08. The lowest BCUT2D eigenvalue weighted by atomic mass is 10.1. The van der Waals surface area contributed by atoms with Gasteiger partial charge in [-0.05, 0) is 6.07 Å². The van der Waals surface area contributed by atoms with E-state index in [1.54, 1.807) is 18.2 Å². The quantitative estimate of drug-likeness (QED) is 0.752. The van der Waals surface area contributed by atoms with Crippen molar-refractivity contribution >= 4 is 11.9 Å². The first kappa shape index (κ1) is 16.4. The fourth-order valence-corrected chi connectivity index (χ4v) is 1.78. The lowest BCUT2D eigenvalue weighted by Gasteiger charge is -2.18. The highest BCUT2D eigenvalue weighted by Gasteiger charge is 2.18. The Balaban J connectivity index is 2.90. The Hall–Kier alpha value is -2.68. The zero-order valence-corrected chi connectivity index (χ0v) is 12.0. The molecule has 1 rings (SSSR count). The number of hydrogen-bond donors (Lipinski definition) is 1. The maximum atomic E-state index is 12.1. The van der Waals surface area contributed by atoms with Crippen LogP contribution in [0.5, 0.6) is 11.5 Å². The van der Waals surface area contributed by atoms with E-state index >= 15 is 0 Å². The van der Waals surface area contributed by atoms with Gasteiger partial charge in [-0.1, -0.05) is 12.0 Å². The average molecular weight is 291 g/mol. The van der Waals surface area contributed by atoms with Gasteiger partial charge in [0.2, 0.25) is 5.91 Å². The van der Waals surface area contributed by atoms with Gasteiger partial charge in [-0.15, -0.1) is 6.42 Å². The Labute approximate surface area is 123 Å². The van der Waals surface area contributed by atoms with Gasteiger partial charge >= 0.3 is 5.97 Å². The molecule has 21 heavy (non-hydrogen) atoms. The van der Waals surface area contributed by atoms with Gasteiger partial charge in [0.1, 0.15) is 18.0 Å². The van der Waals surface area contributed by atoms with Gasteiger partial charge in [0, 0.05) is 11.6 Å². The second-order valence-corrected chi connectivity index (χ2v) is 4.20. The van der Waals surface area contributed by atoms with E-state index in [1.165, 1.54) is 14.2 Å². The number of nitrogens with zero attached hydrogens (tertiary/aromatic N) is 1. The summed E-state index contributed by atoms with van der Waals surface area (Å²) in [5, 5.41) is 8.79. The van der Waals surface area contributed by atoms with Gasteiger partial charge in [-0.2, -0.15) is 0 Å². The number of carbonyl (C=O) groups excluding carboxylic acids is 1. The second kappa shape index (κ2) is 7.80. The molecule has 6 nitrogen and oxygen atoms in total. The highest BCUT2D eigenvalue weighted by atomic mass is 16.5. The standard InChI is InChI=1S/C15H17NO5/c1-4-7-16(10-15(18)19)14(17)8-11-5-6-12(20-2)9-13(11)21-3/h1,5-6,9H,7-8,10H2,2-3H3,(H,18,19). The number of aliphatic carboxylic acids is 1. The van der Waals surface area contributed by atoms with Crippen molar-refractivity contribution in [2.24, 2.45) is 0 Å². The summed E-state index contributed by atoms with van der Waals surface area (Å²) in [4.78, 5) is 24.0. The summed E-state index contributed by atoms with van der Waals surface area (Å²) < 4.78 is 10.3. The molecule has 0 aromatic heterocycles. The first-order valence-electron chi connectivity index (χ1n) is 6.15. The first-order chi connectivity index (χ1) is 10.0. The molecule has 0 radical (unpaired) electrons. The van der Waals surface area contributed by atoms with E-state index < -0.39 is 12.5 Å².